The van der Waals surface area contributed by atoms with Gasteiger partial charge in [-0.15, -0.1) is 0 Å². The Labute approximate surface area is 136 Å². The monoisotopic (exact) mass is 350 g/mol. The van der Waals surface area contributed by atoms with E-state index in [0.29, 0.717) is 13.2 Å². The summed E-state index contributed by atoms with van der Waals surface area (Å²) >= 11 is 3.67. The Bertz CT molecular complexity index is 532. The van der Waals surface area contributed by atoms with Crippen LogP contribution in [0, 0.1) is 0 Å². The van der Waals surface area contributed by atoms with Crippen molar-refractivity contribution in [3.8, 4) is 5.75 Å². The van der Waals surface area contributed by atoms with Gasteiger partial charge in [0.2, 0.25) is 0 Å². The van der Waals surface area contributed by atoms with E-state index in [1.54, 1.807) is 0 Å². The summed E-state index contributed by atoms with van der Waals surface area (Å²) in [5.41, 5.74) is 3.68. The van der Waals surface area contributed by atoms with Crippen LogP contribution in [0.2, 0.25) is 0 Å². The molecule has 0 radical (unpaired) electrons. The van der Waals surface area contributed by atoms with Crippen LogP contribution in [0.5, 0.6) is 5.75 Å². The van der Waals surface area contributed by atoms with Crippen LogP contribution >= 0.6 is 15.9 Å². The summed E-state index contributed by atoms with van der Waals surface area (Å²) in [6.07, 6.45) is 9.83. The molecule has 0 aromatic heterocycles. The molecular weight excluding hydrogens is 328 g/mol. The van der Waals surface area contributed by atoms with Gasteiger partial charge < -0.3 is 9.47 Å². The van der Waals surface area contributed by atoms with Gasteiger partial charge in [0.05, 0.1) is 11.1 Å². The summed E-state index contributed by atoms with van der Waals surface area (Å²) in [6.45, 7) is 6.15. The van der Waals surface area contributed by atoms with E-state index in [4.69, 9.17) is 9.47 Å². The molecule has 0 bridgehead atoms. The zero-order valence-electron chi connectivity index (χ0n) is 12.8. The van der Waals surface area contributed by atoms with Gasteiger partial charge in [-0.3, -0.25) is 0 Å². The van der Waals surface area contributed by atoms with Crippen molar-refractivity contribution in [2.45, 2.75) is 39.7 Å². The van der Waals surface area contributed by atoms with Gasteiger partial charge in [-0.1, -0.05) is 31.2 Å². The highest BCUT2D eigenvalue weighted by atomic mass is 79.9. The molecule has 2 nitrogen and oxygen atoms in total. The number of halogens is 1. The van der Waals surface area contributed by atoms with Gasteiger partial charge in [0.1, 0.15) is 12.4 Å². The molecule has 0 heterocycles. The average molecular weight is 351 g/mol. The SMILES string of the molecule is CCOCc1cc(CC)c(Br)c(OCC2=CCCC=C2)c1. The molecular formula is C18H23BrO2. The maximum atomic E-state index is 6.02. The van der Waals surface area contributed by atoms with Gasteiger partial charge in [-0.25, -0.2) is 0 Å². The van der Waals surface area contributed by atoms with E-state index in [0.717, 1.165) is 36.1 Å². The molecule has 0 fully saturated rings. The van der Waals surface area contributed by atoms with Crippen LogP contribution < -0.4 is 4.74 Å². The molecule has 0 unspecified atom stereocenters. The van der Waals surface area contributed by atoms with Crippen molar-refractivity contribution in [1.29, 1.82) is 0 Å². The second kappa shape index (κ2) is 8.40. The maximum absolute atomic E-state index is 6.02. The molecule has 0 N–H and O–H groups in total. The average Bonchev–Trinajstić information content (AvgIpc) is 2.53. The Kier molecular flexibility index (Phi) is 6.52. The van der Waals surface area contributed by atoms with Crippen molar-refractivity contribution in [3.63, 3.8) is 0 Å². The summed E-state index contributed by atoms with van der Waals surface area (Å²) < 4.78 is 12.6. The van der Waals surface area contributed by atoms with Crippen LogP contribution in [0.25, 0.3) is 0 Å². The van der Waals surface area contributed by atoms with E-state index in [9.17, 15) is 0 Å². The first-order chi connectivity index (χ1) is 10.2. The highest BCUT2D eigenvalue weighted by molar-refractivity contribution is 9.10. The van der Waals surface area contributed by atoms with Gasteiger partial charge >= 0.3 is 0 Å². The molecule has 2 rings (SSSR count). The molecule has 0 amide bonds. The third-order valence-corrected chi connectivity index (χ3v) is 4.39. The highest BCUT2D eigenvalue weighted by Crippen LogP contribution is 2.32. The Morgan fingerprint density at radius 2 is 2.00 bits per heavy atom. The zero-order valence-corrected chi connectivity index (χ0v) is 14.4. The minimum atomic E-state index is 0.621. The van der Waals surface area contributed by atoms with Crippen molar-refractivity contribution in [1.82, 2.24) is 0 Å². The van der Waals surface area contributed by atoms with Crippen LogP contribution in [0.1, 0.15) is 37.8 Å². The van der Waals surface area contributed by atoms with Gasteiger partial charge in [0, 0.05) is 6.61 Å². The van der Waals surface area contributed by atoms with Gasteiger partial charge in [0.15, 0.2) is 0 Å². The lowest BCUT2D eigenvalue weighted by Crippen LogP contribution is -2.04. The summed E-state index contributed by atoms with van der Waals surface area (Å²) in [5, 5.41) is 0. The Hall–Kier alpha value is -1.06. The summed E-state index contributed by atoms with van der Waals surface area (Å²) in [6, 6.07) is 4.26. The van der Waals surface area contributed by atoms with Crippen molar-refractivity contribution in [2.24, 2.45) is 0 Å². The minimum absolute atomic E-state index is 0.621. The van der Waals surface area contributed by atoms with E-state index in [1.807, 2.05) is 6.92 Å². The second-order valence-corrected chi connectivity index (χ2v) is 5.90. The second-order valence-electron chi connectivity index (χ2n) is 5.11. The normalized spacial score (nSPS) is 14.1. The fraction of sp³-hybridized carbons (Fsp3) is 0.444. The molecule has 3 heteroatoms. The van der Waals surface area contributed by atoms with Gasteiger partial charge in [-0.05, 0) is 64.9 Å². The summed E-state index contributed by atoms with van der Waals surface area (Å²) in [7, 11) is 0. The van der Waals surface area contributed by atoms with Crippen LogP contribution in [-0.2, 0) is 17.8 Å². The molecule has 0 saturated heterocycles. The number of benzene rings is 1. The summed E-state index contributed by atoms with van der Waals surface area (Å²) in [4.78, 5) is 0. The first-order valence-corrected chi connectivity index (χ1v) is 8.41. The molecule has 0 spiro atoms. The van der Waals surface area contributed by atoms with Crippen LogP contribution in [-0.4, -0.2) is 13.2 Å². The Morgan fingerprint density at radius 3 is 2.67 bits per heavy atom. The number of rotatable bonds is 7. The molecule has 1 aromatic carbocycles. The van der Waals surface area contributed by atoms with Crippen LogP contribution in [0.3, 0.4) is 0 Å². The van der Waals surface area contributed by atoms with Crippen molar-refractivity contribution in [3.05, 3.63) is 51.5 Å². The third kappa shape index (κ3) is 4.72. The molecule has 0 atom stereocenters. The van der Waals surface area contributed by atoms with Crippen molar-refractivity contribution in [2.75, 3.05) is 13.2 Å². The van der Waals surface area contributed by atoms with Gasteiger partial charge in [-0.2, -0.15) is 0 Å². The molecule has 1 aliphatic rings. The molecule has 21 heavy (non-hydrogen) atoms. The predicted octanol–water partition coefficient (Wildman–Crippen LogP) is 5.20. The number of aryl methyl sites for hydroxylation is 1. The highest BCUT2D eigenvalue weighted by Gasteiger charge is 2.10. The van der Waals surface area contributed by atoms with Gasteiger partial charge in [0.25, 0.3) is 0 Å². The van der Waals surface area contributed by atoms with E-state index >= 15 is 0 Å². The molecule has 114 valence electrons. The molecule has 1 aromatic rings. The Morgan fingerprint density at radius 1 is 1.14 bits per heavy atom. The smallest absolute Gasteiger partial charge is 0.134 e. The van der Waals surface area contributed by atoms with E-state index in [1.165, 1.54) is 16.7 Å². The van der Waals surface area contributed by atoms with Crippen LogP contribution in [0.4, 0.5) is 0 Å². The Balaban J connectivity index is 2.12. The maximum Gasteiger partial charge on any atom is 0.134 e. The lowest BCUT2D eigenvalue weighted by molar-refractivity contribution is 0.134. The first kappa shape index (κ1) is 16.3. The third-order valence-electron chi connectivity index (χ3n) is 3.49. The fourth-order valence-electron chi connectivity index (χ4n) is 2.32. The lowest BCUT2D eigenvalue weighted by atomic mass is 10.1. The summed E-state index contributed by atoms with van der Waals surface area (Å²) in [5.74, 6) is 0.906. The largest absolute Gasteiger partial charge is 0.488 e. The number of hydrogen-bond acceptors (Lipinski definition) is 2. The van der Waals surface area contributed by atoms with E-state index in [-0.39, 0.29) is 0 Å². The minimum Gasteiger partial charge on any atom is -0.488 e. The number of hydrogen-bond donors (Lipinski definition) is 0. The standard InChI is InChI=1S/C18H23BrO2/c1-3-16-10-15(12-20-4-2)11-17(18(16)19)21-13-14-8-6-5-7-9-14/h6,8-11H,3-5,7,12-13H2,1-2H3. The predicted molar refractivity (Wildman–Crippen MR) is 90.8 cm³/mol. The molecule has 0 aliphatic heterocycles. The first-order valence-electron chi connectivity index (χ1n) is 7.62. The lowest BCUT2D eigenvalue weighted by Gasteiger charge is -2.15. The zero-order chi connectivity index (χ0) is 15.1. The fourth-order valence-corrected chi connectivity index (χ4v) is 2.94. The quantitative estimate of drug-likeness (QED) is 0.672. The van der Waals surface area contributed by atoms with E-state index in [2.05, 4.69) is 53.2 Å². The number of ether oxygens (including phenoxy) is 2. The van der Waals surface area contributed by atoms with E-state index < -0.39 is 0 Å². The topological polar surface area (TPSA) is 18.5 Å². The molecule has 0 saturated carbocycles. The van der Waals surface area contributed by atoms with Crippen LogP contribution in [0.15, 0.2) is 40.4 Å². The number of allylic oxidation sites excluding steroid dienone is 2. The van der Waals surface area contributed by atoms with Crippen molar-refractivity contribution >= 4 is 15.9 Å². The van der Waals surface area contributed by atoms with Crippen molar-refractivity contribution < 1.29 is 9.47 Å². The molecule has 1 aliphatic carbocycles.